The summed E-state index contributed by atoms with van der Waals surface area (Å²) in [5.74, 6) is 4.41. The molecule has 212 valence electrons. The van der Waals surface area contributed by atoms with Gasteiger partial charge in [-0.2, -0.15) is 0 Å². The zero-order chi connectivity index (χ0) is 27.7. The lowest BCUT2D eigenvalue weighted by molar-refractivity contribution is -0.154. The summed E-state index contributed by atoms with van der Waals surface area (Å²) >= 11 is 1.44. The summed E-state index contributed by atoms with van der Waals surface area (Å²) in [5, 5.41) is 4.07. The first-order valence-corrected chi connectivity index (χ1v) is 13.9. The van der Waals surface area contributed by atoms with Gasteiger partial charge in [0.05, 0.1) is 11.8 Å². The highest BCUT2D eigenvalue weighted by molar-refractivity contribution is 7.10. The second kappa shape index (κ2) is 14.4. The Balaban J connectivity index is 1.61. The van der Waals surface area contributed by atoms with Crippen molar-refractivity contribution >= 4 is 34.9 Å². The number of amides is 1. The Morgan fingerprint density at radius 3 is 2.82 bits per heavy atom. The summed E-state index contributed by atoms with van der Waals surface area (Å²) in [6.07, 6.45) is 5.53. The van der Waals surface area contributed by atoms with Gasteiger partial charge >= 0.3 is 12.1 Å². The number of ketones is 1. The Morgan fingerprint density at radius 1 is 1.32 bits per heavy atom. The van der Waals surface area contributed by atoms with E-state index in [9.17, 15) is 14.4 Å². The average molecular weight is 553 g/mol. The van der Waals surface area contributed by atoms with Gasteiger partial charge in [0.25, 0.3) is 0 Å². The van der Waals surface area contributed by atoms with Crippen LogP contribution in [0.5, 0.6) is 0 Å². The van der Waals surface area contributed by atoms with Gasteiger partial charge in [-0.15, -0.1) is 11.3 Å². The quantitative estimate of drug-likeness (QED) is 0.159. The van der Waals surface area contributed by atoms with Crippen LogP contribution in [0.15, 0.2) is 17.8 Å². The van der Waals surface area contributed by atoms with E-state index in [1.165, 1.54) is 16.3 Å². The zero-order valence-corrected chi connectivity index (χ0v) is 23.2. The van der Waals surface area contributed by atoms with Gasteiger partial charge in [-0.25, -0.2) is 15.6 Å². The number of nitrogens with two attached hydrogens (primary N) is 2. The number of methoxy groups -OCH3 is 1. The third kappa shape index (κ3) is 8.13. The van der Waals surface area contributed by atoms with Crippen LogP contribution >= 0.6 is 11.3 Å². The van der Waals surface area contributed by atoms with E-state index in [0.29, 0.717) is 49.6 Å². The maximum atomic E-state index is 12.8. The summed E-state index contributed by atoms with van der Waals surface area (Å²) in [6, 6.07) is 0. The molecule has 1 aromatic heterocycles. The molecule has 2 saturated heterocycles. The predicted octanol–water partition coefficient (Wildman–Crippen LogP) is 1.77. The van der Waals surface area contributed by atoms with Crippen molar-refractivity contribution in [2.24, 2.45) is 17.5 Å². The number of thiazole rings is 1. The lowest BCUT2D eigenvalue weighted by Crippen LogP contribution is -2.50. The Morgan fingerprint density at radius 2 is 2.11 bits per heavy atom. The van der Waals surface area contributed by atoms with Crippen molar-refractivity contribution in [1.82, 2.24) is 19.8 Å². The summed E-state index contributed by atoms with van der Waals surface area (Å²) in [4.78, 5) is 45.7. The molecule has 4 atom stereocenters. The molecule has 4 unspecified atom stereocenters. The van der Waals surface area contributed by atoms with E-state index in [1.807, 2.05) is 12.4 Å². The van der Waals surface area contributed by atoms with Crippen molar-refractivity contribution in [3.63, 3.8) is 0 Å². The first-order chi connectivity index (χ1) is 18.2. The Hall–Kier alpha value is -2.74. The highest BCUT2D eigenvalue weighted by atomic mass is 32.1. The van der Waals surface area contributed by atoms with E-state index in [1.54, 1.807) is 31.3 Å². The minimum Gasteiger partial charge on any atom is -0.461 e. The number of esters is 1. The number of cyclic esters (lactones) is 1. The van der Waals surface area contributed by atoms with Crippen molar-refractivity contribution in [3.05, 3.63) is 22.8 Å². The molecule has 0 aliphatic carbocycles. The monoisotopic (exact) mass is 552 g/mol. The van der Waals surface area contributed by atoms with E-state index in [0.717, 1.165) is 12.8 Å². The number of hydrogen-bond acceptors (Lipinski definition) is 12. The maximum Gasteiger partial charge on any atom is 0.411 e. The summed E-state index contributed by atoms with van der Waals surface area (Å²) < 4.78 is 16.6. The van der Waals surface area contributed by atoms with Crippen molar-refractivity contribution < 1.29 is 28.6 Å². The van der Waals surface area contributed by atoms with Crippen LogP contribution in [0.4, 0.5) is 4.79 Å². The number of fused-ring (bicyclic) bond motifs is 1. The molecule has 2 aliphatic heterocycles. The van der Waals surface area contributed by atoms with Gasteiger partial charge in [0.15, 0.2) is 6.10 Å². The van der Waals surface area contributed by atoms with Gasteiger partial charge in [0.1, 0.15) is 29.5 Å². The van der Waals surface area contributed by atoms with Crippen LogP contribution in [-0.4, -0.2) is 96.4 Å². The van der Waals surface area contributed by atoms with Crippen molar-refractivity contribution in [1.29, 1.82) is 0 Å². The Bertz CT molecular complexity index is 960. The number of carbonyl (C=O) groups is 3. The molecule has 0 aromatic carbocycles. The fraction of sp³-hybridized carbons (Fsp3) is 0.680. The molecule has 2 aliphatic rings. The van der Waals surface area contributed by atoms with E-state index in [4.69, 9.17) is 25.8 Å². The minimum atomic E-state index is -0.877. The lowest BCUT2D eigenvalue weighted by atomic mass is 9.99. The molecule has 0 radical (unpaired) electrons. The third-order valence-corrected chi connectivity index (χ3v) is 7.77. The highest BCUT2D eigenvalue weighted by Crippen LogP contribution is 2.25. The number of hydrogen-bond donors (Lipinski definition) is 2. The van der Waals surface area contributed by atoms with Gasteiger partial charge < -0.3 is 25.0 Å². The van der Waals surface area contributed by atoms with Crippen LogP contribution in [-0.2, 0) is 23.8 Å². The van der Waals surface area contributed by atoms with Crippen LogP contribution in [0.25, 0.3) is 5.70 Å². The van der Waals surface area contributed by atoms with E-state index in [-0.39, 0.29) is 24.9 Å². The number of unbranched alkanes of at least 4 members (excludes halogenated alkanes) is 1. The van der Waals surface area contributed by atoms with E-state index < -0.39 is 30.3 Å². The van der Waals surface area contributed by atoms with Crippen LogP contribution in [0.2, 0.25) is 0 Å². The largest absolute Gasteiger partial charge is 0.461 e. The number of aromatic nitrogens is 1. The molecule has 4 N–H and O–H groups in total. The number of nitrogens with zero attached hydrogens (tertiary/aromatic N) is 4. The van der Waals surface area contributed by atoms with Gasteiger partial charge in [-0.05, 0) is 46.1 Å². The molecule has 38 heavy (non-hydrogen) atoms. The number of Topliss-reactive ketones (excluding diaryl/α,β-unsaturated/α-hetero) is 1. The molecule has 0 bridgehead atoms. The van der Waals surface area contributed by atoms with Gasteiger partial charge in [-0.3, -0.25) is 19.4 Å². The molecule has 12 nitrogen and oxygen atoms in total. The fourth-order valence-electron chi connectivity index (χ4n) is 4.69. The summed E-state index contributed by atoms with van der Waals surface area (Å²) in [6.45, 7) is 3.12. The summed E-state index contributed by atoms with van der Waals surface area (Å²) in [5.41, 5.74) is 6.53. The predicted molar refractivity (Wildman–Crippen MR) is 142 cm³/mol. The van der Waals surface area contributed by atoms with Crippen LogP contribution in [0.1, 0.15) is 50.5 Å². The third-order valence-electron chi connectivity index (χ3n) is 6.95. The van der Waals surface area contributed by atoms with Crippen molar-refractivity contribution in [2.75, 3.05) is 40.4 Å². The van der Waals surface area contributed by atoms with Crippen LogP contribution < -0.4 is 11.6 Å². The second-order valence-electron chi connectivity index (χ2n) is 9.73. The number of carbonyl (C=O) groups excluding carboxylic acids is 3. The lowest BCUT2D eigenvalue weighted by Gasteiger charge is -2.33. The fourth-order valence-corrected chi connectivity index (χ4v) is 5.26. The Labute approximate surface area is 227 Å². The number of likely N-dealkylation sites (N-methyl/N-ethyl adjacent to an activating group) is 1. The van der Waals surface area contributed by atoms with Crippen molar-refractivity contribution in [3.8, 4) is 0 Å². The van der Waals surface area contributed by atoms with Crippen LogP contribution in [0.3, 0.4) is 0 Å². The van der Waals surface area contributed by atoms with E-state index in [2.05, 4.69) is 9.88 Å². The normalized spacial score (nSPS) is 26.5. The van der Waals surface area contributed by atoms with Gasteiger partial charge in [-0.1, -0.05) is 0 Å². The average Bonchev–Trinajstić information content (AvgIpc) is 3.54. The maximum absolute atomic E-state index is 12.8. The molecule has 3 rings (SSSR count). The topological polar surface area (TPSA) is 154 Å². The number of rotatable bonds is 8. The first-order valence-electron chi connectivity index (χ1n) is 13.0. The molecular weight excluding hydrogens is 512 g/mol. The number of hydrazine groups is 1. The van der Waals surface area contributed by atoms with Gasteiger partial charge in [0, 0.05) is 50.9 Å². The standard InChI is InChI=1S/C25H40N6O6S/c1-17-20(32)9-8-18(35-3)7-6-11-29(2)23-21(16-36-24(17)33)37-25(34)31(23)13-5-4-12-30(27)15-19(26)22-28-10-14-38-22/h10,14-15,17-18,21,23H,4-9,11-13,16,26-27H2,1-3H3/b19-15-. The van der Waals surface area contributed by atoms with Crippen molar-refractivity contribution in [2.45, 2.75) is 63.8 Å². The summed E-state index contributed by atoms with van der Waals surface area (Å²) in [7, 11) is 3.56. The molecule has 1 amide bonds. The second-order valence-corrected chi connectivity index (χ2v) is 10.6. The van der Waals surface area contributed by atoms with Crippen LogP contribution in [0, 0.1) is 5.92 Å². The van der Waals surface area contributed by atoms with Gasteiger partial charge in [0.2, 0.25) is 0 Å². The Kier molecular flexibility index (Phi) is 11.3. The molecule has 13 heteroatoms. The molecule has 1 aromatic rings. The zero-order valence-electron chi connectivity index (χ0n) is 22.4. The molecular formula is C25H40N6O6S. The van der Waals surface area contributed by atoms with E-state index >= 15 is 0 Å². The molecule has 2 fully saturated rings. The molecule has 0 saturated carbocycles. The minimum absolute atomic E-state index is 0.0789. The first kappa shape index (κ1) is 29.8. The SMILES string of the molecule is COC1CCCN(C)C2C(COC(=O)C(C)C(=O)CC1)OC(=O)N2CCCCN(N)/C=C(\N)c1nccs1. The molecule has 3 heterocycles. The molecule has 0 spiro atoms. The highest BCUT2D eigenvalue weighted by Gasteiger charge is 2.44. The smallest absolute Gasteiger partial charge is 0.411 e. The number of ether oxygens (including phenoxy) is 3.